The van der Waals surface area contributed by atoms with E-state index < -0.39 is 0 Å². The molecular formula is C27H31ClN6O2. The molecule has 4 heterocycles. The van der Waals surface area contributed by atoms with Crippen molar-refractivity contribution in [3.63, 3.8) is 0 Å². The van der Waals surface area contributed by atoms with Gasteiger partial charge < -0.3 is 14.7 Å². The number of aromatic amines is 1. The summed E-state index contributed by atoms with van der Waals surface area (Å²) < 4.78 is 0. The van der Waals surface area contributed by atoms with Crippen molar-refractivity contribution in [1.82, 2.24) is 24.7 Å². The maximum Gasteiger partial charge on any atom is 0.320 e. The Bertz CT molecular complexity index is 1340. The molecule has 36 heavy (non-hydrogen) atoms. The first-order chi connectivity index (χ1) is 17.5. The fourth-order valence-electron chi connectivity index (χ4n) is 6.02. The number of carbonyl (C=O) groups excluding carboxylic acids is 1. The minimum Gasteiger partial charge on any atom is -0.339 e. The van der Waals surface area contributed by atoms with Crippen molar-refractivity contribution in [2.75, 3.05) is 57.3 Å². The minimum absolute atomic E-state index is 0.127. The van der Waals surface area contributed by atoms with Crippen LogP contribution in [-0.4, -0.2) is 83.1 Å². The first-order valence-corrected chi connectivity index (χ1v) is 13.1. The Morgan fingerprint density at radius 1 is 0.944 bits per heavy atom. The number of nitrogens with one attached hydrogen (secondary N) is 1. The van der Waals surface area contributed by atoms with Crippen LogP contribution in [0.15, 0.2) is 53.3 Å². The third-order valence-electron chi connectivity index (χ3n) is 7.97. The van der Waals surface area contributed by atoms with Gasteiger partial charge >= 0.3 is 6.03 Å². The summed E-state index contributed by atoms with van der Waals surface area (Å²) in [5.41, 5.74) is 2.01. The topological polar surface area (TPSA) is 75.8 Å². The van der Waals surface area contributed by atoms with E-state index in [9.17, 15) is 9.59 Å². The number of rotatable bonds is 3. The van der Waals surface area contributed by atoms with Gasteiger partial charge in [0.25, 0.3) is 5.56 Å². The van der Waals surface area contributed by atoms with Crippen LogP contribution in [0.4, 0.5) is 10.7 Å². The normalized spacial score (nSPS) is 22.8. The highest BCUT2D eigenvalue weighted by atomic mass is 35.5. The van der Waals surface area contributed by atoms with E-state index in [0.717, 1.165) is 50.6 Å². The standard InChI is InChI=1S/C27H31ClN6O2/c28-21-5-3-4-20(16-21)17-31-10-8-27(18-31)9-11-34(19-27)26(36)33-14-12-32(13-15-33)25-29-23-7-2-1-6-22(23)24(35)30-25/h1-7,16H,8-15,17-19H2,(H,29,30,35)/t27-/m0/s1. The van der Waals surface area contributed by atoms with Crippen molar-refractivity contribution in [2.24, 2.45) is 5.41 Å². The number of amides is 2. The molecule has 2 aromatic carbocycles. The van der Waals surface area contributed by atoms with E-state index in [1.807, 2.05) is 41.3 Å². The van der Waals surface area contributed by atoms with Gasteiger partial charge in [-0.1, -0.05) is 35.9 Å². The fraction of sp³-hybridized carbons (Fsp3) is 0.444. The van der Waals surface area contributed by atoms with Gasteiger partial charge in [0.15, 0.2) is 0 Å². The number of fused-ring (bicyclic) bond motifs is 1. The predicted octanol–water partition coefficient (Wildman–Crippen LogP) is 3.42. The Balaban J connectivity index is 1.04. The molecule has 0 unspecified atom stereocenters. The van der Waals surface area contributed by atoms with E-state index in [1.54, 1.807) is 6.07 Å². The van der Waals surface area contributed by atoms with Gasteiger partial charge in [-0.2, -0.15) is 0 Å². The number of para-hydroxylation sites is 1. The van der Waals surface area contributed by atoms with Crippen molar-refractivity contribution in [1.29, 1.82) is 0 Å². The maximum absolute atomic E-state index is 13.4. The summed E-state index contributed by atoms with van der Waals surface area (Å²) in [6.45, 7) is 7.20. The molecule has 2 amide bonds. The molecule has 3 aromatic rings. The molecular weight excluding hydrogens is 476 g/mol. The third kappa shape index (κ3) is 4.55. The Morgan fingerprint density at radius 3 is 2.58 bits per heavy atom. The third-order valence-corrected chi connectivity index (χ3v) is 8.21. The summed E-state index contributed by atoms with van der Waals surface area (Å²) in [6, 6.07) is 15.6. The molecule has 3 aliphatic rings. The average molecular weight is 507 g/mol. The highest BCUT2D eigenvalue weighted by molar-refractivity contribution is 6.30. The number of piperazine rings is 1. The Kier molecular flexibility index (Phi) is 6.09. The lowest BCUT2D eigenvalue weighted by Gasteiger charge is -2.37. The van der Waals surface area contributed by atoms with E-state index in [-0.39, 0.29) is 17.0 Å². The first-order valence-electron chi connectivity index (χ1n) is 12.7. The Hall–Kier alpha value is -3.10. The Labute approximate surface area is 215 Å². The fourth-order valence-corrected chi connectivity index (χ4v) is 6.23. The summed E-state index contributed by atoms with van der Waals surface area (Å²) in [5, 5.41) is 1.37. The summed E-state index contributed by atoms with van der Waals surface area (Å²) >= 11 is 6.16. The zero-order chi connectivity index (χ0) is 24.7. The predicted molar refractivity (Wildman–Crippen MR) is 142 cm³/mol. The number of carbonyl (C=O) groups is 1. The van der Waals surface area contributed by atoms with Crippen LogP contribution in [0.1, 0.15) is 18.4 Å². The molecule has 6 rings (SSSR count). The number of aromatic nitrogens is 2. The second-order valence-corrected chi connectivity index (χ2v) is 10.9. The molecule has 8 nitrogen and oxygen atoms in total. The van der Waals surface area contributed by atoms with Crippen molar-refractivity contribution >= 4 is 34.5 Å². The molecule has 0 bridgehead atoms. The number of halogens is 1. The van der Waals surface area contributed by atoms with Crippen LogP contribution >= 0.6 is 11.6 Å². The lowest BCUT2D eigenvalue weighted by atomic mass is 9.86. The van der Waals surface area contributed by atoms with Crippen LogP contribution in [0, 0.1) is 5.41 Å². The lowest BCUT2D eigenvalue weighted by molar-refractivity contribution is 0.152. The number of benzene rings is 2. The number of hydrogen-bond donors (Lipinski definition) is 1. The van der Waals surface area contributed by atoms with E-state index in [4.69, 9.17) is 11.6 Å². The molecule has 0 radical (unpaired) electrons. The van der Waals surface area contributed by atoms with Crippen LogP contribution in [0.2, 0.25) is 5.02 Å². The Morgan fingerprint density at radius 2 is 1.75 bits per heavy atom. The first kappa shape index (κ1) is 23.3. The minimum atomic E-state index is -0.127. The van der Waals surface area contributed by atoms with Crippen LogP contribution < -0.4 is 10.5 Å². The number of nitrogens with zero attached hydrogens (tertiary/aromatic N) is 5. The molecule has 9 heteroatoms. The van der Waals surface area contributed by atoms with E-state index in [2.05, 4.69) is 30.7 Å². The van der Waals surface area contributed by atoms with Gasteiger partial charge in [-0.25, -0.2) is 9.78 Å². The lowest BCUT2D eigenvalue weighted by Crippen LogP contribution is -2.53. The average Bonchev–Trinajstić information content (AvgIpc) is 3.49. The van der Waals surface area contributed by atoms with Crippen molar-refractivity contribution in [2.45, 2.75) is 19.4 Å². The zero-order valence-corrected chi connectivity index (χ0v) is 21.1. The van der Waals surface area contributed by atoms with Gasteiger partial charge in [0.2, 0.25) is 5.95 Å². The number of anilines is 1. The summed E-state index contributed by atoms with van der Waals surface area (Å²) in [5.74, 6) is 0.580. The van der Waals surface area contributed by atoms with Crippen LogP contribution in [-0.2, 0) is 6.54 Å². The maximum atomic E-state index is 13.4. The molecule has 3 fully saturated rings. The van der Waals surface area contributed by atoms with Gasteiger partial charge in [-0.3, -0.25) is 14.7 Å². The molecule has 0 saturated carbocycles. The van der Waals surface area contributed by atoms with E-state index in [1.165, 1.54) is 5.56 Å². The second kappa shape index (κ2) is 9.41. The quantitative estimate of drug-likeness (QED) is 0.589. The van der Waals surface area contributed by atoms with Crippen molar-refractivity contribution in [3.8, 4) is 0 Å². The van der Waals surface area contributed by atoms with Gasteiger partial charge in [0.1, 0.15) is 0 Å². The van der Waals surface area contributed by atoms with Gasteiger partial charge in [0, 0.05) is 62.8 Å². The molecule has 1 spiro atoms. The van der Waals surface area contributed by atoms with Crippen molar-refractivity contribution < 1.29 is 4.79 Å². The number of H-pyrrole nitrogens is 1. The molecule has 188 valence electrons. The van der Waals surface area contributed by atoms with Crippen LogP contribution in [0.5, 0.6) is 0 Å². The second-order valence-electron chi connectivity index (χ2n) is 10.4. The molecule has 1 atom stereocenters. The highest BCUT2D eigenvalue weighted by Crippen LogP contribution is 2.40. The van der Waals surface area contributed by atoms with E-state index >= 15 is 0 Å². The molecule has 3 saturated heterocycles. The largest absolute Gasteiger partial charge is 0.339 e. The highest BCUT2D eigenvalue weighted by Gasteiger charge is 2.45. The number of urea groups is 1. The number of likely N-dealkylation sites (tertiary alicyclic amines) is 2. The van der Waals surface area contributed by atoms with Gasteiger partial charge in [-0.15, -0.1) is 0 Å². The molecule has 1 N–H and O–H groups in total. The van der Waals surface area contributed by atoms with Gasteiger partial charge in [0.05, 0.1) is 10.9 Å². The summed E-state index contributed by atoms with van der Waals surface area (Å²) in [7, 11) is 0. The SMILES string of the molecule is O=C(N1CCN(c2nc3ccccc3c(=O)[nH]2)CC1)N1CC[C@]2(CCN(Cc3cccc(Cl)c3)C2)C1. The summed E-state index contributed by atoms with van der Waals surface area (Å²) in [4.78, 5) is 41.9. The van der Waals surface area contributed by atoms with Crippen molar-refractivity contribution in [3.05, 3.63) is 69.5 Å². The monoisotopic (exact) mass is 506 g/mol. The summed E-state index contributed by atoms with van der Waals surface area (Å²) in [6.07, 6.45) is 2.19. The van der Waals surface area contributed by atoms with Crippen LogP contribution in [0.25, 0.3) is 10.9 Å². The number of hydrogen-bond acceptors (Lipinski definition) is 5. The smallest absolute Gasteiger partial charge is 0.320 e. The molecule has 3 aliphatic heterocycles. The molecule has 1 aromatic heterocycles. The van der Waals surface area contributed by atoms with Crippen LogP contribution in [0.3, 0.4) is 0 Å². The van der Waals surface area contributed by atoms with E-state index in [0.29, 0.717) is 43.0 Å². The molecule has 0 aliphatic carbocycles. The zero-order valence-electron chi connectivity index (χ0n) is 20.3. The van der Waals surface area contributed by atoms with Gasteiger partial charge in [-0.05, 0) is 49.2 Å².